The van der Waals surface area contributed by atoms with E-state index in [0.29, 0.717) is 25.5 Å². The number of piperazine rings is 1. The third kappa shape index (κ3) is 4.01. The average Bonchev–Trinajstić information content (AvgIpc) is 3.12. The molecule has 0 radical (unpaired) electrons. The molecule has 8 nitrogen and oxygen atoms in total. The van der Waals surface area contributed by atoms with Crippen LogP contribution in [0.25, 0.3) is 11.0 Å². The summed E-state index contributed by atoms with van der Waals surface area (Å²) in [5.74, 6) is -0.843. The Morgan fingerprint density at radius 3 is 2.35 bits per heavy atom. The first-order chi connectivity index (χ1) is 15.0. The summed E-state index contributed by atoms with van der Waals surface area (Å²) in [6.45, 7) is 2.91. The predicted molar refractivity (Wildman–Crippen MR) is 116 cm³/mol. The molecular formula is C23H25N5O3. The van der Waals surface area contributed by atoms with Crippen molar-refractivity contribution >= 4 is 28.8 Å². The number of aromatic nitrogens is 2. The number of amides is 3. The fraction of sp³-hybridized carbons (Fsp3) is 0.304. The van der Waals surface area contributed by atoms with Crippen LogP contribution in [0.15, 0.2) is 54.6 Å². The average molecular weight is 419 g/mol. The van der Waals surface area contributed by atoms with Crippen LogP contribution in [0.2, 0.25) is 0 Å². The standard InChI is InChI=1S/C23H25N5O3/c1-3-27-13-14-28(23(31)22(27)30)15-19(29)25-20(16-9-5-4-6-10-16)21-24-17-11-7-8-12-18(17)26(21)2/h4-12,20H,3,13-15H2,1-2H3,(H,25,29). The molecular weight excluding hydrogens is 394 g/mol. The van der Waals surface area contributed by atoms with Crippen molar-refractivity contribution < 1.29 is 14.4 Å². The second-order valence-corrected chi connectivity index (χ2v) is 7.54. The summed E-state index contributed by atoms with van der Waals surface area (Å²) in [5, 5.41) is 3.02. The lowest BCUT2D eigenvalue weighted by molar-refractivity contribution is -0.156. The number of fused-ring (bicyclic) bond motifs is 1. The Bertz CT molecular complexity index is 1120. The van der Waals surface area contributed by atoms with E-state index in [2.05, 4.69) is 5.32 Å². The van der Waals surface area contributed by atoms with Crippen LogP contribution in [0.4, 0.5) is 0 Å². The minimum absolute atomic E-state index is 0.171. The second kappa shape index (κ2) is 8.59. The summed E-state index contributed by atoms with van der Waals surface area (Å²) in [5.41, 5.74) is 2.68. The van der Waals surface area contributed by atoms with E-state index in [4.69, 9.17) is 4.98 Å². The molecule has 31 heavy (non-hydrogen) atoms. The molecule has 160 valence electrons. The highest BCUT2D eigenvalue weighted by atomic mass is 16.2. The van der Waals surface area contributed by atoms with Crippen LogP contribution in [0, 0.1) is 0 Å². The molecule has 2 aromatic carbocycles. The monoisotopic (exact) mass is 419 g/mol. The number of nitrogens with one attached hydrogen (secondary N) is 1. The number of nitrogens with zero attached hydrogens (tertiary/aromatic N) is 4. The number of aryl methyl sites for hydroxylation is 1. The third-order valence-electron chi connectivity index (χ3n) is 5.63. The number of imidazole rings is 1. The first kappa shape index (κ1) is 20.6. The first-order valence-corrected chi connectivity index (χ1v) is 10.3. The molecule has 3 amide bonds. The van der Waals surface area contributed by atoms with Crippen LogP contribution in [0.3, 0.4) is 0 Å². The van der Waals surface area contributed by atoms with Gasteiger partial charge in [-0.1, -0.05) is 42.5 Å². The Balaban J connectivity index is 1.59. The van der Waals surface area contributed by atoms with Crippen molar-refractivity contribution in [1.82, 2.24) is 24.7 Å². The molecule has 8 heteroatoms. The van der Waals surface area contributed by atoms with Gasteiger partial charge in [-0.2, -0.15) is 0 Å². The molecule has 4 rings (SSSR count). The molecule has 1 N–H and O–H groups in total. The van der Waals surface area contributed by atoms with Crippen LogP contribution < -0.4 is 5.32 Å². The quantitative estimate of drug-likeness (QED) is 0.613. The Morgan fingerprint density at radius 1 is 1.00 bits per heavy atom. The van der Waals surface area contributed by atoms with Crippen LogP contribution in [-0.4, -0.2) is 63.3 Å². The normalized spacial score (nSPS) is 15.4. The molecule has 0 bridgehead atoms. The number of rotatable bonds is 6. The fourth-order valence-corrected chi connectivity index (χ4v) is 3.91. The number of hydrogen-bond acceptors (Lipinski definition) is 4. The minimum Gasteiger partial charge on any atom is -0.341 e. The van der Waals surface area contributed by atoms with Crippen molar-refractivity contribution in [3.05, 3.63) is 66.0 Å². The zero-order chi connectivity index (χ0) is 22.0. The molecule has 3 aromatic rings. The first-order valence-electron chi connectivity index (χ1n) is 10.3. The number of benzene rings is 2. The summed E-state index contributed by atoms with van der Waals surface area (Å²) < 4.78 is 1.96. The predicted octanol–water partition coefficient (Wildman–Crippen LogP) is 1.47. The second-order valence-electron chi connectivity index (χ2n) is 7.54. The Morgan fingerprint density at radius 2 is 1.65 bits per heavy atom. The zero-order valence-electron chi connectivity index (χ0n) is 17.6. The van der Waals surface area contributed by atoms with Crippen molar-refractivity contribution in [2.24, 2.45) is 7.05 Å². The third-order valence-corrected chi connectivity index (χ3v) is 5.63. The highest BCUT2D eigenvalue weighted by molar-refractivity contribution is 6.35. The van der Waals surface area contributed by atoms with Gasteiger partial charge in [0, 0.05) is 26.7 Å². The summed E-state index contributed by atoms with van der Waals surface area (Å²) in [6, 6.07) is 16.9. The smallest absolute Gasteiger partial charge is 0.312 e. The number of hydrogen-bond donors (Lipinski definition) is 1. The van der Waals surface area contributed by atoms with Crippen LogP contribution in [0.5, 0.6) is 0 Å². The summed E-state index contributed by atoms with van der Waals surface area (Å²) in [6.07, 6.45) is 0. The van der Waals surface area contributed by atoms with E-state index in [1.165, 1.54) is 9.80 Å². The van der Waals surface area contributed by atoms with Gasteiger partial charge in [0.2, 0.25) is 5.91 Å². The van der Waals surface area contributed by atoms with Gasteiger partial charge in [-0.25, -0.2) is 4.98 Å². The summed E-state index contributed by atoms with van der Waals surface area (Å²) in [7, 11) is 1.92. The molecule has 1 aromatic heterocycles. The van der Waals surface area contributed by atoms with Crippen molar-refractivity contribution in [3.63, 3.8) is 0 Å². The van der Waals surface area contributed by atoms with E-state index in [9.17, 15) is 14.4 Å². The van der Waals surface area contributed by atoms with Gasteiger partial charge in [0.05, 0.1) is 11.0 Å². The van der Waals surface area contributed by atoms with E-state index in [1.807, 2.05) is 73.1 Å². The van der Waals surface area contributed by atoms with E-state index in [0.717, 1.165) is 16.6 Å². The number of likely N-dealkylation sites (N-methyl/N-ethyl adjacent to an activating group) is 1. The zero-order valence-corrected chi connectivity index (χ0v) is 17.6. The van der Waals surface area contributed by atoms with Gasteiger partial charge in [0.15, 0.2) is 0 Å². The van der Waals surface area contributed by atoms with Gasteiger partial charge < -0.3 is 19.7 Å². The van der Waals surface area contributed by atoms with Crippen molar-refractivity contribution in [2.45, 2.75) is 13.0 Å². The van der Waals surface area contributed by atoms with Crippen LogP contribution in [-0.2, 0) is 21.4 Å². The van der Waals surface area contributed by atoms with Crippen LogP contribution in [0.1, 0.15) is 24.4 Å². The lowest BCUT2D eigenvalue weighted by Gasteiger charge is -2.33. The lowest BCUT2D eigenvalue weighted by atomic mass is 10.1. The van der Waals surface area contributed by atoms with Crippen molar-refractivity contribution in [2.75, 3.05) is 26.2 Å². The van der Waals surface area contributed by atoms with Crippen molar-refractivity contribution in [1.29, 1.82) is 0 Å². The summed E-state index contributed by atoms with van der Waals surface area (Å²) >= 11 is 0. The maximum atomic E-state index is 12.9. The minimum atomic E-state index is -0.637. The van der Waals surface area contributed by atoms with Gasteiger partial charge in [-0.05, 0) is 24.6 Å². The molecule has 0 aliphatic carbocycles. The van der Waals surface area contributed by atoms with Gasteiger partial charge in [0.1, 0.15) is 18.4 Å². The molecule has 1 unspecified atom stereocenters. The van der Waals surface area contributed by atoms with Crippen molar-refractivity contribution in [3.8, 4) is 0 Å². The van der Waals surface area contributed by atoms with Gasteiger partial charge >= 0.3 is 11.8 Å². The maximum Gasteiger partial charge on any atom is 0.312 e. The Kier molecular flexibility index (Phi) is 5.70. The molecule has 1 fully saturated rings. The van der Waals surface area contributed by atoms with Gasteiger partial charge in [-0.3, -0.25) is 14.4 Å². The van der Waals surface area contributed by atoms with Gasteiger partial charge in [0.25, 0.3) is 0 Å². The molecule has 1 atom stereocenters. The molecule has 1 aliphatic heterocycles. The maximum absolute atomic E-state index is 12.9. The number of carbonyl (C=O) groups is 3. The van der Waals surface area contributed by atoms with E-state index in [-0.39, 0.29) is 12.5 Å². The highest BCUT2D eigenvalue weighted by Gasteiger charge is 2.33. The van der Waals surface area contributed by atoms with Crippen LogP contribution >= 0.6 is 0 Å². The van der Waals surface area contributed by atoms with Gasteiger partial charge in [-0.15, -0.1) is 0 Å². The Hall–Kier alpha value is -3.68. The molecule has 0 spiro atoms. The van der Waals surface area contributed by atoms with E-state index < -0.39 is 17.9 Å². The fourth-order valence-electron chi connectivity index (χ4n) is 3.91. The molecule has 2 heterocycles. The van der Waals surface area contributed by atoms with E-state index in [1.54, 1.807) is 0 Å². The largest absolute Gasteiger partial charge is 0.341 e. The summed E-state index contributed by atoms with van der Waals surface area (Å²) in [4.78, 5) is 45.0. The molecule has 0 saturated carbocycles. The topological polar surface area (TPSA) is 87.5 Å². The number of para-hydroxylation sites is 2. The molecule has 1 aliphatic rings. The lowest BCUT2D eigenvalue weighted by Crippen LogP contribution is -2.56. The Labute approximate surface area is 180 Å². The number of carbonyl (C=O) groups excluding carboxylic acids is 3. The highest BCUT2D eigenvalue weighted by Crippen LogP contribution is 2.25. The molecule has 1 saturated heterocycles. The SMILES string of the molecule is CCN1CCN(CC(=O)NC(c2ccccc2)c2nc3ccccc3n2C)C(=O)C1=O. The van der Waals surface area contributed by atoms with E-state index >= 15 is 0 Å².